The molecular formula is C13H23N3O2S. The second kappa shape index (κ2) is 8.12. The number of hydrogen-bond acceptors (Lipinski definition) is 5. The van der Waals surface area contributed by atoms with Gasteiger partial charge in [0.1, 0.15) is 5.60 Å². The lowest BCUT2D eigenvalue weighted by molar-refractivity contribution is 0.0527. The number of alkyl carbamates (subject to hydrolysis) is 1. The Morgan fingerprint density at radius 3 is 2.79 bits per heavy atom. The molecule has 1 amide bonds. The lowest BCUT2D eigenvalue weighted by Crippen LogP contribution is -2.34. The highest BCUT2D eigenvalue weighted by atomic mass is 32.1. The van der Waals surface area contributed by atoms with E-state index < -0.39 is 5.60 Å². The molecule has 1 aromatic rings. The first-order valence-electron chi connectivity index (χ1n) is 6.53. The normalized spacial score (nSPS) is 11.3. The van der Waals surface area contributed by atoms with Crippen LogP contribution < -0.4 is 10.6 Å². The number of rotatable bonds is 7. The number of hydrogen-bond donors (Lipinski definition) is 2. The second-order valence-electron chi connectivity index (χ2n) is 5.21. The molecule has 1 aromatic heterocycles. The van der Waals surface area contributed by atoms with Crippen LogP contribution >= 0.6 is 11.3 Å². The Morgan fingerprint density at radius 1 is 1.37 bits per heavy atom. The van der Waals surface area contributed by atoms with Crippen molar-refractivity contribution in [3.63, 3.8) is 0 Å². The number of aromatic nitrogens is 1. The average molecular weight is 285 g/mol. The number of nitrogens with zero attached hydrogens (tertiary/aromatic N) is 1. The summed E-state index contributed by atoms with van der Waals surface area (Å²) >= 11 is 1.68. The number of thiazole rings is 1. The fraction of sp³-hybridized carbons (Fsp3) is 0.692. The third-order valence-electron chi connectivity index (χ3n) is 2.20. The minimum Gasteiger partial charge on any atom is -0.444 e. The molecule has 2 N–H and O–H groups in total. The number of nitrogens with one attached hydrogen (secondary N) is 2. The maximum absolute atomic E-state index is 11.3. The van der Waals surface area contributed by atoms with E-state index >= 15 is 0 Å². The van der Waals surface area contributed by atoms with Crippen molar-refractivity contribution in [1.29, 1.82) is 0 Å². The van der Waals surface area contributed by atoms with E-state index in [-0.39, 0.29) is 6.09 Å². The molecule has 0 aliphatic carbocycles. The van der Waals surface area contributed by atoms with E-state index in [0.29, 0.717) is 6.54 Å². The van der Waals surface area contributed by atoms with Gasteiger partial charge in [-0.2, -0.15) is 0 Å². The smallest absolute Gasteiger partial charge is 0.407 e. The maximum atomic E-state index is 11.3. The van der Waals surface area contributed by atoms with Crippen molar-refractivity contribution in [2.24, 2.45) is 0 Å². The minimum absolute atomic E-state index is 0.352. The van der Waals surface area contributed by atoms with Crippen LogP contribution in [0.4, 0.5) is 4.79 Å². The molecule has 5 nitrogen and oxygen atoms in total. The molecule has 0 unspecified atom stereocenters. The van der Waals surface area contributed by atoms with E-state index in [1.807, 2.05) is 32.3 Å². The number of amides is 1. The molecule has 1 rings (SSSR count). The van der Waals surface area contributed by atoms with Crippen LogP contribution in [0.15, 0.2) is 11.6 Å². The predicted octanol–water partition coefficient (Wildman–Crippen LogP) is 2.19. The zero-order chi connectivity index (χ0) is 14.1. The van der Waals surface area contributed by atoms with Crippen molar-refractivity contribution in [2.45, 2.75) is 39.2 Å². The van der Waals surface area contributed by atoms with Crippen LogP contribution in [-0.2, 0) is 11.2 Å². The van der Waals surface area contributed by atoms with Crippen LogP contribution in [0.5, 0.6) is 0 Å². The first-order valence-corrected chi connectivity index (χ1v) is 7.41. The van der Waals surface area contributed by atoms with Gasteiger partial charge in [0.05, 0.1) is 5.01 Å². The van der Waals surface area contributed by atoms with E-state index in [2.05, 4.69) is 15.6 Å². The standard InChI is InChI=1S/C13H23N3O2S/c1-13(2,3)18-12(17)16-7-4-6-14-8-5-11-15-9-10-19-11/h9-10,14H,4-8H2,1-3H3,(H,16,17). The SMILES string of the molecule is CC(C)(C)OC(=O)NCCCNCCc1nccs1. The quantitative estimate of drug-likeness (QED) is 0.754. The zero-order valence-electron chi connectivity index (χ0n) is 11.9. The third-order valence-corrected chi connectivity index (χ3v) is 3.04. The highest BCUT2D eigenvalue weighted by Gasteiger charge is 2.15. The number of ether oxygens (including phenoxy) is 1. The molecule has 0 atom stereocenters. The summed E-state index contributed by atoms with van der Waals surface area (Å²) in [6.07, 6.45) is 3.31. The summed E-state index contributed by atoms with van der Waals surface area (Å²) in [5.74, 6) is 0. The van der Waals surface area contributed by atoms with Crippen LogP contribution in [0.1, 0.15) is 32.2 Å². The Labute approximate surface area is 118 Å². The number of carbonyl (C=O) groups excluding carboxylic acids is 1. The Morgan fingerprint density at radius 2 is 2.16 bits per heavy atom. The topological polar surface area (TPSA) is 63.2 Å². The Hall–Kier alpha value is -1.14. The highest BCUT2D eigenvalue weighted by molar-refractivity contribution is 7.09. The zero-order valence-corrected chi connectivity index (χ0v) is 12.7. The van der Waals surface area contributed by atoms with Crippen molar-refractivity contribution >= 4 is 17.4 Å². The highest BCUT2D eigenvalue weighted by Crippen LogP contribution is 2.06. The van der Waals surface area contributed by atoms with E-state index in [1.54, 1.807) is 11.3 Å². The Balaban J connectivity index is 1.92. The Kier molecular flexibility index (Phi) is 6.80. The Bertz CT molecular complexity index is 360. The lowest BCUT2D eigenvalue weighted by Gasteiger charge is -2.19. The van der Waals surface area contributed by atoms with Gasteiger partial charge in [-0.1, -0.05) is 0 Å². The predicted molar refractivity (Wildman–Crippen MR) is 77.5 cm³/mol. The average Bonchev–Trinajstić information content (AvgIpc) is 2.78. The van der Waals surface area contributed by atoms with Gasteiger partial charge < -0.3 is 15.4 Å². The van der Waals surface area contributed by atoms with Gasteiger partial charge in [0, 0.05) is 31.1 Å². The van der Waals surface area contributed by atoms with Crippen LogP contribution in [0, 0.1) is 0 Å². The molecule has 19 heavy (non-hydrogen) atoms. The molecule has 6 heteroatoms. The van der Waals surface area contributed by atoms with Crippen LogP contribution in [-0.4, -0.2) is 36.3 Å². The van der Waals surface area contributed by atoms with Crippen LogP contribution in [0.2, 0.25) is 0 Å². The molecule has 0 aromatic carbocycles. The molecule has 0 aliphatic heterocycles. The van der Waals surface area contributed by atoms with Crippen molar-refractivity contribution < 1.29 is 9.53 Å². The van der Waals surface area contributed by atoms with Gasteiger partial charge in [-0.05, 0) is 33.7 Å². The first-order chi connectivity index (χ1) is 8.97. The van der Waals surface area contributed by atoms with Crippen molar-refractivity contribution in [1.82, 2.24) is 15.6 Å². The minimum atomic E-state index is -0.434. The summed E-state index contributed by atoms with van der Waals surface area (Å²) in [5, 5.41) is 9.19. The fourth-order valence-electron chi connectivity index (χ4n) is 1.41. The molecule has 0 aliphatic rings. The molecule has 0 radical (unpaired) electrons. The summed E-state index contributed by atoms with van der Waals surface area (Å²) < 4.78 is 5.14. The van der Waals surface area contributed by atoms with Gasteiger partial charge in [0.2, 0.25) is 0 Å². The van der Waals surface area contributed by atoms with E-state index in [9.17, 15) is 4.79 Å². The van der Waals surface area contributed by atoms with Gasteiger partial charge >= 0.3 is 6.09 Å². The molecule has 0 spiro atoms. The molecule has 0 saturated heterocycles. The van der Waals surface area contributed by atoms with Gasteiger partial charge in [-0.25, -0.2) is 9.78 Å². The second-order valence-corrected chi connectivity index (χ2v) is 6.19. The maximum Gasteiger partial charge on any atom is 0.407 e. The summed E-state index contributed by atoms with van der Waals surface area (Å²) in [5.41, 5.74) is -0.434. The summed E-state index contributed by atoms with van der Waals surface area (Å²) in [6, 6.07) is 0. The third kappa shape index (κ3) is 8.56. The molecule has 1 heterocycles. The summed E-state index contributed by atoms with van der Waals surface area (Å²) in [7, 11) is 0. The lowest BCUT2D eigenvalue weighted by atomic mass is 10.2. The van der Waals surface area contributed by atoms with Gasteiger partial charge in [0.15, 0.2) is 0 Å². The van der Waals surface area contributed by atoms with Crippen molar-refractivity contribution in [3.05, 3.63) is 16.6 Å². The fourth-order valence-corrected chi connectivity index (χ4v) is 2.04. The van der Waals surface area contributed by atoms with Gasteiger partial charge in [-0.15, -0.1) is 11.3 Å². The molecule has 0 bridgehead atoms. The van der Waals surface area contributed by atoms with E-state index in [1.165, 1.54) is 0 Å². The number of carbonyl (C=O) groups is 1. The van der Waals surface area contributed by atoms with Crippen LogP contribution in [0.25, 0.3) is 0 Å². The summed E-state index contributed by atoms with van der Waals surface area (Å²) in [4.78, 5) is 15.6. The molecule has 108 valence electrons. The first kappa shape index (κ1) is 15.9. The van der Waals surface area contributed by atoms with E-state index in [0.717, 1.165) is 30.9 Å². The van der Waals surface area contributed by atoms with Crippen LogP contribution in [0.3, 0.4) is 0 Å². The van der Waals surface area contributed by atoms with Gasteiger partial charge in [0.25, 0.3) is 0 Å². The van der Waals surface area contributed by atoms with Gasteiger partial charge in [-0.3, -0.25) is 0 Å². The van der Waals surface area contributed by atoms with Crippen molar-refractivity contribution in [2.75, 3.05) is 19.6 Å². The largest absolute Gasteiger partial charge is 0.444 e. The monoisotopic (exact) mass is 285 g/mol. The van der Waals surface area contributed by atoms with E-state index in [4.69, 9.17) is 4.74 Å². The van der Waals surface area contributed by atoms with Crippen molar-refractivity contribution in [3.8, 4) is 0 Å². The summed E-state index contributed by atoms with van der Waals surface area (Å²) in [6.45, 7) is 7.98. The molecule has 0 saturated carbocycles. The molecular weight excluding hydrogens is 262 g/mol. The molecule has 0 fully saturated rings.